The van der Waals surface area contributed by atoms with Crippen molar-refractivity contribution in [2.75, 3.05) is 18.4 Å². The SMILES string of the molecule is Cc1cc(NCC(F)(F)CN)c2cc([N+](=O)[O-])ccc2n1. The number of nitro groups is 1. The summed E-state index contributed by atoms with van der Waals surface area (Å²) in [6.45, 7) is 0.292. The largest absolute Gasteiger partial charge is 0.378 e. The first-order valence-electron chi connectivity index (χ1n) is 6.20. The third-order valence-electron chi connectivity index (χ3n) is 2.97. The summed E-state index contributed by atoms with van der Waals surface area (Å²) in [6, 6.07) is 5.70. The topological polar surface area (TPSA) is 94.1 Å². The van der Waals surface area contributed by atoms with Gasteiger partial charge in [-0.05, 0) is 19.1 Å². The average molecular weight is 296 g/mol. The molecule has 1 aromatic heterocycles. The number of aryl methyl sites for hydroxylation is 1. The van der Waals surface area contributed by atoms with Gasteiger partial charge in [-0.25, -0.2) is 8.78 Å². The van der Waals surface area contributed by atoms with Gasteiger partial charge in [0.05, 0.1) is 23.5 Å². The van der Waals surface area contributed by atoms with Gasteiger partial charge in [-0.15, -0.1) is 0 Å². The second kappa shape index (κ2) is 5.57. The van der Waals surface area contributed by atoms with Crippen LogP contribution in [0, 0.1) is 17.0 Å². The van der Waals surface area contributed by atoms with Crippen LogP contribution in [0.3, 0.4) is 0 Å². The summed E-state index contributed by atoms with van der Waals surface area (Å²) < 4.78 is 26.5. The molecule has 0 aliphatic rings. The Morgan fingerprint density at radius 2 is 2.14 bits per heavy atom. The lowest BCUT2D eigenvalue weighted by Gasteiger charge is -2.17. The molecule has 0 radical (unpaired) electrons. The Kier molecular flexibility index (Phi) is 3.99. The van der Waals surface area contributed by atoms with Gasteiger partial charge >= 0.3 is 0 Å². The predicted molar refractivity (Wildman–Crippen MR) is 75.6 cm³/mol. The third-order valence-corrected chi connectivity index (χ3v) is 2.97. The minimum absolute atomic E-state index is 0.123. The van der Waals surface area contributed by atoms with Crippen LogP contribution in [0.4, 0.5) is 20.2 Å². The van der Waals surface area contributed by atoms with Gasteiger partial charge in [-0.2, -0.15) is 0 Å². The molecule has 0 spiro atoms. The number of anilines is 1. The first-order valence-corrected chi connectivity index (χ1v) is 6.20. The number of nitrogens with one attached hydrogen (secondary N) is 1. The molecule has 3 N–H and O–H groups in total. The van der Waals surface area contributed by atoms with E-state index >= 15 is 0 Å². The number of hydrogen-bond acceptors (Lipinski definition) is 5. The van der Waals surface area contributed by atoms with E-state index in [1.807, 2.05) is 0 Å². The van der Waals surface area contributed by atoms with Crippen molar-refractivity contribution in [3.05, 3.63) is 40.1 Å². The number of non-ortho nitro benzene ring substituents is 1. The maximum absolute atomic E-state index is 13.2. The van der Waals surface area contributed by atoms with Crippen LogP contribution >= 0.6 is 0 Å². The molecule has 0 atom stereocenters. The summed E-state index contributed by atoms with van der Waals surface area (Å²) in [4.78, 5) is 14.5. The quantitative estimate of drug-likeness (QED) is 0.653. The molecule has 0 saturated carbocycles. The standard InChI is InChI=1S/C13H14F2N4O2/c1-8-4-12(17-7-13(14,15)6-16)10-5-9(19(20)21)2-3-11(10)18-8/h2-5H,6-7,16H2,1H3,(H,17,18). The van der Waals surface area contributed by atoms with Gasteiger partial charge in [0.1, 0.15) is 0 Å². The van der Waals surface area contributed by atoms with E-state index in [0.717, 1.165) is 0 Å². The molecule has 2 aromatic rings. The third kappa shape index (κ3) is 3.40. The molecule has 0 aliphatic heterocycles. The number of nitrogens with two attached hydrogens (primary N) is 1. The molecule has 1 aromatic carbocycles. The number of aromatic nitrogens is 1. The van der Waals surface area contributed by atoms with E-state index in [2.05, 4.69) is 10.3 Å². The van der Waals surface area contributed by atoms with Gasteiger partial charge in [-0.3, -0.25) is 15.1 Å². The number of fused-ring (bicyclic) bond motifs is 1. The fourth-order valence-corrected chi connectivity index (χ4v) is 1.90. The Morgan fingerprint density at radius 1 is 1.43 bits per heavy atom. The van der Waals surface area contributed by atoms with Crippen molar-refractivity contribution >= 4 is 22.3 Å². The van der Waals surface area contributed by atoms with E-state index in [9.17, 15) is 18.9 Å². The second-order valence-corrected chi connectivity index (χ2v) is 4.68. The minimum Gasteiger partial charge on any atom is -0.378 e. The first-order chi connectivity index (χ1) is 9.82. The molecule has 2 rings (SSSR count). The number of rotatable bonds is 5. The summed E-state index contributed by atoms with van der Waals surface area (Å²) in [5, 5.41) is 13.8. The lowest BCUT2D eigenvalue weighted by atomic mass is 10.1. The van der Waals surface area contributed by atoms with Crippen molar-refractivity contribution < 1.29 is 13.7 Å². The lowest BCUT2D eigenvalue weighted by molar-refractivity contribution is -0.384. The number of halogens is 2. The van der Waals surface area contributed by atoms with Crippen LogP contribution in [0.2, 0.25) is 0 Å². The molecule has 0 aliphatic carbocycles. The van der Waals surface area contributed by atoms with E-state index in [0.29, 0.717) is 22.3 Å². The zero-order chi connectivity index (χ0) is 15.6. The fourth-order valence-electron chi connectivity index (χ4n) is 1.90. The summed E-state index contributed by atoms with van der Waals surface area (Å²) in [5.41, 5.74) is 6.35. The van der Waals surface area contributed by atoms with E-state index in [1.165, 1.54) is 18.2 Å². The van der Waals surface area contributed by atoms with Gasteiger partial charge < -0.3 is 11.1 Å². The highest BCUT2D eigenvalue weighted by Gasteiger charge is 2.26. The molecule has 0 bridgehead atoms. The van der Waals surface area contributed by atoms with Crippen LogP contribution in [0.5, 0.6) is 0 Å². The molecule has 0 amide bonds. The van der Waals surface area contributed by atoms with Crippen molar-refractivity contribution in [1.29, 1.82) is 0 Å². The molecule has 1 heterocycles. The maximum Gasteiger partial charge on any atom is 0.276 e. The van der Waals surface area contributed by atoms with E-state index < -0.39 is 23.9 Å². The number of benzene rings is 1. The zero-order valence-corrected chi connectivity index (χ0v) is 11.3. The Hall–Kier alpha value is -2.35. The normalized spacial score (nSPS) is 11.6. The molecular weight excluding hydrogens is 282 g/mol. The molecule has 0 saturated heterocycles. The summed E-state index contributed by atoms with van der Waals surface area (Å²) in [7, 11) is 0. The van der Waals surface area contributed by atoms with Crippen LogP contribution in [0.15, 0.2) is 24.3 Å². The van der Waals surface area contributed by atoms with Gasteiger partial charge in [0.25, 0.3) is 11.6 Å². The van der Waals surface area contributed by atoms with Crippen LogP contribution in [-0.4, -0.2) is 28.9 Å². The van der Waals surface area contributed by atoms with E-state index in [-0.39, 0.29) is 5.69 Å². The summed E-state index contributed by atoms with van der Waals surface area (Å²) in [6.07, 6.45) is 0. The lowest BCUT2D eigenvalue weighted by Crippen LogP contribution is -2.35. The van der Waals surface area contributed by atoms with Gasteiger partial charge in [0, 0.05) is 28.9 Å². The monoisotopic (exact) mass is 296 g/mol. The van der Waals surface area contributed by atoms with Crippen LogP contribution < -0.4 is 11.1 Å². The molecule has 0 unspecified atom stereocenters. The van der Waals surface area contributed by atoms with Crippen LogP contribution in [0.25, 0.3) is 10.9 Å². The Balaban J connectivity index is 2.45. The molecular formula is C13H14F2N4O2. The Labute approximate surface area is 119 Å². The minimum atomic E-state index is -3.05. The molecule has 0 fully saturated rings. The van der Waals surface area contributed by atoms with Crippen molar-refractivity contribution in [2.24, 2.45) is 5.73 Å². The van der Waals surface area contributed by atoms with Crippen LogP contribution in [0.1, 0.15) is 5.69 Å². The zero-order valence-electron chi connectivity index (χ0n) is 11.3. The summed E-state index contributed by atoms with van der Waals surface area (Å²) in [5.74, 6) is -3.05. The number of alkyl halides is 2. The molecule has 112 valence electrons. The molecule has 6 nitrogen and oxygen atoms in total. The number of pyridine rings is 1. The Morgan fingerprint density at radius 3 is 2.76 bits per heavy atom. The molecule has 8 heteroatoms. The van der Waals surface area contributed by atoms with Gasteiger partial charge in [0.15, 0.2) is 0 Å². The highest BCUT2D eigenvalue weighted by atomic mass is 19.3. The average Bonchev–Trinajstić information content (AvgIpc) is 2.44. The van der Waals surface area contributed by atoms with E-state index in [1.54, 1.807) is 13.0 Å². The molecule has 21 heavy (non-hydrogen) atoms. The number of hydrogen-bond donors (Lipinski definition) is 2. The van der Waals surface area contributed by atoms with E-state index in [4.69, 9.17) is 5.73 Å². The van der Waals surface area contributed by atoms with Crippen molar-refractivity contribution in [3.8, 4) is 0 Å². The smallest absolute Gasteiger partial charge is 0.276 e. The maximum atomic E-state index is 13.2. The first kappa shape index (κ1) is 15.0. The Bertz CT molecular complexity index is 691. The van der Waals surface area contributed by atoms with Gasteiger partial charge in [-0.1, -0.05) is 0 Å². The van der Waals surface area contributed by atoms with Crippen molar-refractivity contribution in [1.82, 2.24) is 4.98 Å². The number of nitrogens with zero attached hydrogens (tertiary/aromatic N) is 2. The number of nitro benzene ring substituents is 1. The predicted octanol–water partition coefficient (Wildman–Crippen LogP) is 2.46. The van der Waals surface area contributed by atoms with Crippen molar-refractivity contribution in [3.63, 3.8) is 0 Å². The van der Waals surface area contributed by atoms with Crippen molar-refractivity contribution in [2.45, 2.75) is 12.8 Å². The van der Waals surface area contributed by atoms with Gasteiger partial charge in [0.2, 0.25) is 0 Å². The highest BCUT2D eigenvalue weighted by Crippen LogP contribution is 2.28. The summed E-state index contributed by atoms with van der Waals surface area (Å²) >= 11 is 0. The second-order valence-electron chi connectivity index (χ2n) is 4.68. The highest BCUT2D eigenvalue weighted by molar-refractivity contribution is 5.93. The fraction of sp³-hybridized carbons (Fsp3) is 0.308. The van der Waals surface area contributed by atoms with Crippen LogP contribution in [-0.2, 0) is 0 Å².